The van der Waals surface area contributed by atoms with Crippen molar-refractivity contribution in [1.82, 2.24) is 4.98 Å². The van der Waals surface area contributed by atoms with E-state index in [0.29, 0.717) is 13.2 Å². The van der Waals surface area contributed by atoms with Gasteiger partial charge in [0.1, 0.15) is 5.82 Å². The van der Waals surface area contributed by atoms with Crippen LogP contribution in [0, 0.1) is 6.92 Å². The van der Waals surface area contributed by atoms with Crippen molar-refractivity contribution in [3.63, 3.8) is 0 Å². The Balaban J connectivity index is 2.53. The zero-order chi connectivity index (χ0) is 11.1. The van der Waals surface area contributed by atoms with Crippen molar-refractivity contribution < 1.29 is 4.74 Å². The molecule has 0 radical (unpaired) electrons. The van der Waals surface area contributed by atoms with Gasteiger partial charge < -0.3 is 15.8 Å². The molecule has 0 saturated carbocycles. The van der Waals surface area contributed by atoms with Gasteiger partial charge in [0.05, 0.1) is 12.6 Å². The Labute approximate surface area is 90.8 Å². The van der Waals surface area contributed by atoms with Crippen molar-refractivity contribution in [2.45, 2.75) is 19.4 Å². The largest absolute Gasteiger partial charge is 0.383 e. The summed E-state index contributed by atoms with van der Waals surface area (Å²) in [6.07, 6.45) is 2.72. The van der Waals surface area contributed by atoms with E-state index in [1.54, 1.807) is 7.11 Å². The minimum absolute atomic E-state index is 0.232. The Morgan fingerprint density at radius 1 is 1.53 bits per heavy atom. The molecule has 0 saturated heterocycles. The minimum atomic E-state index is 0.232. The van der Waals surface area contributed by atoms with Crippen LogP contribution in [0.25, 0.3) is 0 Å². The zero-order valence-corrected chi connectivity index (χ0v) is 9.36. The molecule has 1 heterocycles. The Hall–Kier alpha value is -1.13. The first kappa shape index (κ1) is 11.9. The van der Waals surface area contributed by atoms with Crippen LogP contribution in [-0.4, -0.2) is 31.3 Å². The number of anilines is 1. The number of rotatable bonds is 6. The highest BCUT2D eigenvalue weighted by Gasteiger charge is 2.07. The average Bonchev–Trinajstić information content (AvgIpc) is 2.22. The number of ether oxygens (including phenoxy) is 1. The van der Waals surface area contributed by atoms with E-state index in [1.807, 2.05) is 25.3 Å². The summed E-state index contributed by atoms with van der Waals surface area (Å²) in [5.41, 5.74) is 6.68. The molecule has 0 aliphatic rings. The van der Waals surface area contributed by atoms with Crippen LogP contribution in [0.5, 0.6) is 0 Å². The Morgan fingerprint density at radius 2 is 2.33 bits per heavy atom. The van der Waals surface area contributed by atoms with Gasteiger partial charge in [0.25, 0.3) is 0 Å². The molecule has 0 bridgehead atoms. The SMILES string of the molecule is COCC(CCN)Nc1ccc(C)cn1. The highest BCUT2D eigenvalue weighted by atomic mass is 16.5. The molecule has 3 N–H and O–H groups in total. The number of nitrogens with zero attached hydrogens (tertiary/aromatic N) is 1. The van der Waals surface area contributed by atoms with Crippen LogP contribution in [0.1, 0.15) is 12.0 Å². The van der Waals surface area contributed by atoms with Gasteiger partial charge in [-0.3, -0.25) is 0 Å². The predicted molar refractivity (Wildman–Crippen MR) is 61.9 cm³/mol. The third kappa shape index (κ3) is 4.27. The van der Waals surface area contributed by atoms with Crippen molar-refractivity contribution in [3.05, 3.63) is 23.9 Å². The first-order valence-corrected chi connectivity index (χ1v) is 5.14. The van der Waals surface area contributed by atoms with E-state index in [-0.39, 0.29) is 6.04 Å². The predicted octanol–water partition coefficient (Wildman–Crippen LogP) is 1.17. The zero-order valence-electron chi connectivity index (χ0n) is 9.36. The van der Waals surface area contributed by atoms with Crippen molar-refractivity contribution in [2.75, 3.05) is 25.6 Å². The second-order valence-corrected chi connectivity index (χ2v) is 3.59. The number of aryl methyl sites for hydroxylation is 1. The summed E-state index contributed by atoms with van der Waals surface area (Å²) in [5, 5.41) is 3.29. The lowest BCUT2D eigenvalue weighted by molar-refractivity contribution is 0.183. The maximum absolute atomic E-state index is 5.52. The lowest BCUT2D eigenvalue weighted by Gasteiger charge is -2.17. The normalized spacial score (nSPS) is 12.5. The van der Waals surface area contributed by atoms with E-state index < -0.39 is 0 Å². The molecule has 0 aromatic carbocycles. The molecule has 0 fully saturated rings. The fourth-order valence-corrected chi connectivity index (χ4v) is 1.36. The van der Waals surface area contributed by atoms with Crippen molar-refractivity contribution in [3.8, 4) is 0 Å². The van der Waals surface area contributed by atoms with Gasteiger partial charge in [-0.05, 0) is 31.5 Å². The van der Waals surface area contributed by atoms with Crippen molar-refractivity contribution in [2.24, 2.45) is 5.73 Å². The topological polar surface area (TPSA) is 60.2 Å². The Kier molecular flexibility index (Phi) is 5.07. The number of methoxy groups -OCH3 is 1. The van der Waals surface area contributed by atoms with E-state index in [2.05, 4.69) is 10.3 Å². The maximum atomic E-state index is 5.52. The number of aromatic nitrogens is 1. The fraction of sp³-hybridized carbons (Fsp3) is 0.545. The van der Waals surface area contributed by atoms with Gasteiger partial charge in [-0.1, -0.05) is 6.07 Å². The van der Waals surface area contributed by atoms with Gasteiger partial charge in [-0.15, -0.1) is 0 Å². The average molecular weight is 209 g/mol. The number of pyridine rings is 1. The summed E-state index contributed by atoms with van der Waals surface area (Å²) in [4.78, 5) is 4.28. The summed E-state index contributed by atoms with van der Waals surface area (Å²) in [6, 6.07) is 4.23. The van der Waals surface area contributed by atoms with Crippen LogP contribution in [-0.2, 0) is 4.74 Å². The molecular weight excluding hydrogens is 190 g/mol. The molecule has 15 heavy (non-hydrogen) atoms. The summed E-state index contributed by atoms with van der Waals surface area (Å²) < 4.78 is 5.11. The van der Waals surface area contributed by atoms with Gasteiger partial charge in [0.2, 0.25) is 0 Å². The van der Waals surface area contributed by atoms with Crippen molar-refractivity contribution in [1.29, 1.82) is 0 Å². The van der Waals surface area contributed by atoms with Crippen LogP contribution in [0.2, 0.25) is 0 Å². The Morgan fingerprint density at radius 3 is 2.87 bits per heavy atom. The van der Waals surface area contributed by atoms with E-state index in [4.69, 9.17) is 10.5 Å². The molecule has 0 aliphatic carbocycles. The lowest BCUT2D eigenvalue weighted by atomic mass is 10.2. The van der Waals surface area contributed by atoms with Gasteiger partial charge in [0.15, 0.2) is 0 Å². The monoisotopic (exact) mass is 209 g/mol. The molecular formula is C11H19N3O. The van der Waals surface area contributed by atoms with Crippen LogP contribution < -0.4 is 11.1 Å². The molecule has 1 atom stereocenters. The third-order valence-electron chi connectivity index (χ3n) is 2.15. The summed E-state index contributed by atoms with van der Waals surface area (Å²) >= 11 is 0. The second kappa shape index (κ2) is 6.37. The van der Waals surface area contributed by atoms with Crippen LogP contribution in [0.15, 0.2) is 18.3 Å². The van der Waals surface area contributed by atoms with Gasteiger partial charge in [0, 0.05) is 13.3 Å². The van der Waals surface area contributed by atoms with Crippen molar-refractivity contribution >= 4 is 5.82 Å². The van der Waals surface area contributed by atoms with E-state index in [0.717, 1.165) is 17.8 Å². The maximum Gasteiger partial charge on any atom is 0.126 e. The molecule has 4 nitrogen and oxygen atoms in total. The molecule has 0 aliphatic heterocycles. The van der Waals surface area contributed by atoms with Gasteiger partial charge in [-0.2, -0.15) is 0 Å². The molecule has 4 heteroatoms. The highest BCUT2D eigenvalue weighted by molar-refractivity contribution is 5.36. The van der Waals surface area contributed by atoms with Gasteiger partial charge in [-0.25, -0.2) is 4.98 Å². The van der Waals surface area contributed by atoms with Gasteiger partial charge >= 0.3 is 0 Å². The lowest BCUT2D eigenvalue weighted by Crippen LogP contribution is -2.28. The summed E-state index contributed by atoms with van der Waals surface area (Å²) in [6.45, 7) is 3.31. The fourth-order valence-electron chi connectivity index (χ4n) is 1.36. The summed E-state index contributed by atoms with van der Waals surface area (Å²) in [7, 11) is 1.69. The molecule has 84 valence electrons. The third-order valence-corrected chi connectivity index (χ3v) is 2.15. The molecule has 1 aromatic rings. The number of hydrogen-bond acceptors (Lipinski definition) is 4. The van der Waals surface area contributed by atoms with E-state index in [1.165, 1.54) is 0 Å². The quantitative estimate of drug-likeness (QED) is 0.738. The molecule has 1 unspecified atom stereocenters. The molecule has 1 rings (SSSR count). The minimum Gasteiger partial charge on any atom is -0.383 e. The molecule has 1 aromatic heterocycles. The number of hydrogen-bond donors (Lipinski definition) is 2. The molecule has 0 amide bonds. The Bertz CT molecular complexity index is 268. The number of nitrogens with one attached hydrogen (secondary N) is 1. The van der Waals surface area contributed by atoms with Crippen LogP contribution >= 0.6 is 0 Å². The summed E-state index contributed by atoms with van der Waals surface area (Å²) in [5.74, 6) is 0.871. The van der Waals surface area contributed by atoms with Crippen LogP contribution in [0.3, 0.4) is 0 Å². The first-order chi connectivity index (χ1) is 7.26. The smallest absolute Gasteiger partial charge is 0.126 e. The van der Waals surface area contributed by atoms with E-state index in [9.17, 15) is 0 Å². The molecule has 0 spiro atoms. The standard InChI is InChI=1S/C11H19N3O/c1-9-3-4-11(13-7-9)14-10(5-6-12)8-15-2/h3-4,7,10H,5-6,8,12H2,1-2H3,(H,13,14). The highest BCUT2D eigenvalue weighted by Crippen LogP contribution is 2.07. The second-order valence-electron chi connectivity index (χ2n) is 3.59. The van der Waals surface area contributed by atoms with Crippen LogP contribution in [0.4, 0.5) is 5.82 Å². The first-order valence-electron chi connectivity index (χ1n) is 5.14. The van der Waals surface area contributed by atoms with E-state index >= 15 is 0 Å². The number of nitrogens with two attached hydrogens (primary N) is 1.